The zero-order valence-corrected chi connectivity index (χ0v) is 16.1. The zero-order valence-electron chi connectivity index (χ0n) is 16.1. The molecule has 0 unspecified atom stereocenters. The third kappa shape index (κ3) is 5.08. The Morgan fingerprint density at radius 2 is 1.81 bits per heavy atom. The van der Waals surface area contributed by atoms with Crippen molar-refractivity contribution in [3.8, 4) is 16.9 Å². The molecule has 5 nitrogen and oxygen atoms in total. The van der Waals surface area contributed by atoms with E-state index in [1.165, 1.54) is 12.7 Å². The van der Waals surface area contributed by atoms with E-state index in [1.807, 2.05) is 12.1 Å². The van der Waals surface area contributed by atoms with Gasteiger partial charge in [-0.25, -0.2) is 4.79 Å². The largest absolute Gasteiger partial charge is 0.496 e. The van der Waals surface area contributed by atoms with Crippen LogP contribution in [0.15, 0.2) is 42.5 Å². The molecule has 0 N–H and O–H groups in total. The van der Waals surface area contributed by atoms with Crippen LogP contribution in [0.1, 0.15) is 22.3 Å². The van der Waals surface area contributed by atoms with E-state index in [0.29, 0.717) is 5.56 Å². The van der Waals surface area contributed by atoms with Gasteiger partial charge in [0.2, 0.25) is 0 Å². The van der Waals surface area contributed by atoms with Gasteiger partial charge in [-0.1, -0.05) is 24.3 Å². The summed E-state index contributed by atoms with van der Waals surface area (Å²) in [7, 11) is 3.08. The van der Waals surface area contributed by atoms with Gasteiger partial charge < -0.3 is 14.2 Å². The van der Waals surface area contributed by atoms with Crippen LogP contribution in [0.2, 0.25) is 0 Å². The van der Waals surface area contributed by atoms with Gasteiger partial charge in [-0.3, -0.25) is 4.90 Å². The summed E-state index contributed by atoms with van der Waals surface area (Å²) in [5.74, 6) is 0.522. The Hall–Kier alpha value is -2.37. The van der Waals surface area contributed by atoms with Crippen LogP contribution < -0.4 is 4.74 Å². The van der Waals surface area contributed by atoms with E-state index in [1.54, 1.807) is 19.2 Å². The van der Waals surface area contributed by atoms with Crippen LogP contribution in [-0.2, 0) is 15.9 Å². The summed E-state index contributed by atoms with van der Waals surface area (Å²) in [5.41, 5.74) is 3.85. The van der Waals surface area contributed by atoms with Gasteiger partial charge in [0.25, 0.3) is 0 Å². The van der Waals surface area contributed by atoms with Crippen LogP contribution in [0, 0.1) is 0 Å². The lowest BCUT2D eigenvalue weighted by molar-refractivity contribution is 0.0374. The first-order valence-electron chi connectivity index (χ1n) is 9.37. The van der Waals surface area contributed by atoms with E-state index in [9.17, 15) is 4.79 Å². The molecule has 1 aliphatic heterocycles. The van der Waals surface area contributed by atoms with E-state index in [4.69, 9.17) is 14.2 Å². The maximum absolute atomic E-state index is 11.6. The minimum atomic E-state index is -0.330. The number of ether oxygens (including phenoxy) is 3. The molecule has 0 bridgehead atoms. The minimum Gasteiger partial charge on any atom is -0.496 e. The molecular formula is C22H27NO4. The van der Waals surface area contributed by atoms with E-state index in [0.717, 1.165) is 62.6 Å². The van der Waals surface area contributed by atoms with Crippen LogP contribution in [0.25, 0.3) is 11.1 Å². The second kappa shape index (κ2) is 9.53. The van der Waals surface area contributed by atoms with Crippen molar-refractivity contribution < 1.29 is 19.0 Å². The Morgan fingerprint density at radius 1 is 1.07 bits per heavy atom. The third-order valence-electron chi connectivity index (χ3n) is 4.93. The highest BCUT2D eigenvalue weighted by Crippen LogP contribution is 2.31. The Kier molecular flexibility index (Phi) is 6.85. The maximum atomic E-state index is 11.6. The van der Waals surface area contributed by atoms with Crippen molar-refractivity contribution in [3.63, 3.8) is 0 Å². The number of benzene rings is 2. The number of hydrogen-bond donors (Lipinski definition) is 0. The second-order valence-electron chi connectivity index (χ2n) is 6.66. The van der Waals surface area contributed by atoms with Gasteiger partial charge in [-0.05, 0) is 48.7 Å². The normalized spacial score (nSPS) is 14.7. The van der Waals surface area contributed by atoms with Crippen molar-refractivity contribution in [1.29, 1.82) is 0 Å². The summed E-state index contributed by atoms with van der Waals surface area (Å²) in [6.45, 7) is 4.85. The number of aryl methyl sites for hydroxylation is 1. The van der Waals surface area contributed by atoms with Gasteiger partial charge >= 0.3 is 5.97 Å². The molecule has 1 fully saturated rings. The van der Waals surface area contributed by atoms with Gasteiger partial charge in [0, 0.05) is 18.7 Å². The van der Waals surface area contributed by atoms with Gasteiger partial charge in [-0.15, -0.1) is 0 Å². The predicted molar refractivity (Wildman–Crippen MR) is 105 cm³/mol. The smallest absolute Gasteiger partial charge is 0.337 e. The molecule has 0 spiro atoms. The van der Waals surface area contributed by atoms with Crippen molar-refractivity contribution in [2.45, 2.75) is 12.8 Å². The number of carbonyl (C=O) groups is 1. The monoisotopic (exact) mass is 369 g/mol. The molecule has 0 saturated carbocycles. The van der Waals surface area contributed by atoms with Crippen LogP contribution >= 0.6 is 0 Å². The van der Waals surface area contributed by atoms with Gasteiger partial charge in [0.15, 0.2) is 0 Å². The van der Waals surface area contributed by atoms with Crippen LogP contribution in [0.5, 0.6) is 5.75 Å². The first kappa shape index (κ1) is 19.4. The molecule has 1 heterocycles. The van der Waals surface area contributed by atoms with E-state index in [2.05, 4.69) is 23.1 Å². The molecule has 0 amide bonds. The molecule has 5 heteroatoms. The quantitative estimate of drug-likeness (QED) is 0.700. The van der Waals surface area contributed by atoms with Crippen molar-refractivity contribution in [3.05, 3.63) is 53.6 Å². The second-order valence-corrected chi connectivity index (χ2v) is 6.66. The number of morpholine rings is 1. The fourth-order valence-corrected chi connectivity index (χ4v) is 3.36. The Bertz CT molecular complexity index is 751. The van der Waals surface area contributed by atoms with Gasteiger partial charge in [0.05, 0.1) is 33.0 Å². The Balaban J connectivity index is 1.65. The first-order valence-corrected chi connectivity index (χ1v) is 9.37. The summed E-state index contributed by atoms with van der Waals surface area (Å²) in [6.07, 6.45) is 2.14. The topological polar surface area (TPSA) is 48.0 Å². The fourth-order valence-electron chi connectivity index (χ4n) is 3.36. The van der Waals surface area contributed by atoms with E-state index >= 15 is 0 Å². The van der Waals surface area contributed by atoms with Crippen LogP contribution in [0.4, 0.5) is 0 Å². The lowest BCUT2D eigenvalue weighted by Crippen LogP contribution is -2.36. The van der Waals surface area contributed by atoms with Crippen molar-refractivity contribution in [2.75, 3.05) is 47.1 Å². The number of nitrogens with zero attached hydrogens (tertiary/aromatic N) is 1. The van der Waals surface area contributed by atoms with Crippen molar-refractivity contribution in [2.24, 2.45) is 0 Å². The van der Waals surface area contributed by atoms with Crippen molar-refractivity contribution in [1.82, 2.24) is 4.90 Å². The lowest BCUT2D eigenvalue weighted by atomic mass is 9.99. The molecule has 144 valence electrons. The molecule has 0 radical (unpaired) electrons. The Morgan fingerprint density at radius 3 is 2.48 bits per heavy atom. The molecule has 1 aliphatic rings. The summed E-state index contributed by atoms with van der Waals surface area (Å²) in [5, 5.41) is 0. The zero-order chi connectivity index (χ0) is 19.1. The van der Waals surface area contributed by atoms with E-state index < -0.39 is 0 Å². The minimum absolute atomic E-state index is 0.330. The summed E-state index contributed by atoms with van der Waals surface area (Å²) < 4.78 is 15.8. The summed E-state index contributed by atoms with van der Waals surface area (Å²) >= 11 is 0. The molecule has 2 aromatic carbocycles. The summed E-state index contributed by atoms with van der Waals surface area (Å²) in [6, 6.07) is 13.8. The lowest BCUT2D eigenvalue weighted by Gasteiger charge is -2.26. The molecule has 0 aliphatic carbocycles. The Labute approximate surface area is 160 Å². The standard InChI is InChI=1S/C22H27NO4/c1-25-21-16-17(4-3-11-23-12-14-27-15-13-23)5-10-20(21)18-6-8-19(9-7-18)22(24)26-2/h5-10,16H,3-4,11-15H2,1-2H3. The average molecular weight is 369 g/mol. The predicted octanol–water partition coefficient (Wildman–Crippen LogP) is 3.41. The highest BCUT2D eigenvalue weighted by molar-refractivity contribution is 5.90. The van der Waals surface area contributed by atoms with Crippen molar-refractivity contribution >= 4 is 5.97 Å². The molecule has 0 aromatic heterocycles. The molecule has 1 saturated heterocycles. The fraction of sp³-hybridized carbons (Fsp3) is 0.409. The maximum Gasteiger partial charge on any atom is 0.337 e. The molecule has 3 rings (SSSR count). The summed E-state index contributed by atoms with van der Waals surface area (Å²) in [4.78, 5) is 14.0. The first-order chi connectivity index (χ1) is 13.2. The van der Waals surface area contributed by atoms with Gasteiger partial charge in [0.1, 0.15) is 5.75 Å². The highest BCUT2D eigenvalue weighted by Gasteiger charge is 2.11. The number of hydrogen-bond acceptors (Lipinski definition) is 5. The average Bonchev–Trinajstić information content (AvgIpc) is 2.74. The van der Waals surface area contributed by atoms with Crippen LogP contribution in [-0.4, -0.2) is 57.9 Å². The molecular weight excluding hydrogens is 342 g/mol. The van der Waals surface area contributed by atoms with Gasteiger partial charge in [-0.2, -0.15) is 0 Å². The highest BCUT2D eigenvalue weighted by atomic mass is 16.5. The molecule has 0 atom stereocenters. The molecule has 27 heavy (non-hydrogen) atoms. The molecule has 2 aromatic rings. The van der Waals surface area contributed by atoms with Crippen LogP contribution in [0.3, 0.4) is 0 Å². The number of esters is 1. The number of rotatable bonds is 7. The third-order valence-corrected chi connectivity index (χ3v) is 4.93. The SMILES string of the molecule is COC(=O)c1ccc(-c2ccc(CCCN3CCOCC3)cc2OC)cc1. The number of methoxy groups -OCH3 is 2. The van der Waals surface area contributed by atoms with E-state index in [-0.39, 0.29) is 5.97 Å². The number of carbonyl (C=O) groups excluding carboxylic acids is 1.